The van der Waals surface area contributed by atoms with Gasteiger partial charge in [0.2, 0.25) is 5.95 Å². The summed E-state index contributed by atoms with van der Waals surface area (Å²) in [6.45, 7) is 6.05. The van der Waals surface area contributed by atoms with Gasteiger partial charge in [0.1, 0.15) is 11.4 Å². The van der Waals surface area contributed by atoms with Crippen LogP contribution in [0.5, 0.6) is 5.75 Å². The number of aromatic nitrogens is 2. The van der Waals surface area contributed by atoms with Gasteiger partial charge in [-0.25, -0.2) is 9.97 Å². The van der Waals surface area contributed by atoms with Crippen molar-refractivity contribution >= 4 is 11.9 Å². The van der Waals surface area contributed by atoms with Crippen molar-refractivity contribution in [2.24, 2.45) is 5.41 Å². The summed E-state index contributed by atoms with van der Waals surface area (Å²) in [6, 6.07) is 9.86. The first-order valence-corrected chi connectivity index (χ1v) is 8.60. The van der Waals surface area contributed by atoms with E-state index in [2.05, 4.69) is 16.0 Å². The van der Waals surface area contributed by atoms with Crippen LogP contribution in [0.2, 0.25) is 0 Å². The summed E-state index contributed by atoms with van der Waals surface area (Å²) in [7, 11) is 0. The van der Waals surface area contributed by atoms with E-state index in [1.807, 2.05) is 36.9 Å². The Morgan fingerprint density at radius 2 is 2.04 bits per heavy atom. The first kappa shape index (κ1) is 15.9. The first-order chi connectivity index (χ1) is 12.0. The van der Waals surface area contributed by atoms with Gasteiger partial charge in [0.05, 0.1) is 6.61 Å². The number of hydrogen-bond acceptors (Lipinski definition) is 5. The van der Waals surface area contributed by atoms with Crippen molar-refractivity contribution in [1.82, 2.24) is 14.9 Å². The fraction of sp³-hybridized carbons (Fsp3) is 0.421. The maximum atomic E-state index is 12.8. The average molecular weight is 338 g/mol. The molecule has 2 aromatic rings. The zero-order valence-electron chi connectivity index (χ0n) is 14.5. The Morgan fingerprint density at radius 3 is 2.80 bits per heavy atom. The minimum absolute atomic E-state index is 0.0173. The van der Waals surface area contributed by atoms with Gasteiger partial charge in [-0.2, -0.15) is 0 Å². The van der Waals surface area contributed by atoms with E-state index >= 15 is 0 Å². The lowest BCUT2D eigenvalue weighted by atomic mass is 9.74. The van der Waals surface area contributed by atoms with Crippen LogP contribution in [0, 0.1) is 5.41 Å². The zero-order valence-corrected chi connectivity index (χ0v) is 14.5. The van der Waals surface area contributed by atoms with Gasteiger partial charge in [0, 0.05) is 24.2 Å². The zero-order chi connectivity index (χ0) is 17.6. The molecule has 0 atom stereocenters. The summed E-state index contributed by atoms with van der Waals surface area (Å²) in [4.78, 5) is 22.9. The van der Waals surface area contributed by atoms with E-state index in [0.29, 0.717) is 25.4 Å². The van der Waals surface area contributed by atoms with E-state index in [9.17, 15) is 4.79 Å². The maximum absolute atomic E-state index is 12.8. The molecule has 2 aliphatic heterocycles. The van der Waals surface area contributed by atoms with Crippen LogP contribution in [0.4, 0.5) is 5.95 Å². The Bertz CT molecular complexity index is 828. The molecule has 4 rings (SSSR count). The second kappa shape index (κ2) is 5.72. The number of likely N-dealkylation sites (tertiary alicyclic amines) is 1. The third-order valence-electron chi connectivity index (χ3n) is 4.99. The molecule has 2 N–H and O–H groups in total. The van der Waals surface area contributed by atoms with Crippen LogP contribution in [0.15, 0.2) is 30.3 Å². The highest BCUT2D eigenvalue weighted by Crippen LogP contribution is 2.41. The Labute approximate surface area is 147 Å². The largest absolute Gasteiger partial charge is 0.493 e. The highest BCUT2D eigenvalue weighted by atomic mass is 16.5. The molecular formula is C19H22N4O2. The highest BCUT2D eigenvalue weighted by Gasteiger charge is 2.48. The predicted molar refractivity (Wildman–Crippen MR) is 94.5 cm³/mol. The standard InChI is InChI=1S/C19H22N4O2/c1-12(2)14-7-15(22-18(20)21-14)17(24)23-9-19(10-23)8-13-5-3-4-6-16(13)25-11-19/h3-7,12H,8-11H2,1-2H3,(H2,20,21,22). The number of para-hydroxylation sites is 1. The van der Waals surface area contributed by atoms with E-state index in [4.69, 9.17) is 10.5 Å². The summed E-state index contributed by atoms with van der Waals surface area (Å²) in [6.07, 6.45) is 0.941. The monoisotopic (exact) mass is 338 g/mol. The van der Waals surface area contributed by atoms with Crippen LogP contribution in [0.1, 0.15) is 41.5 Å². The van der Waals surface area contributed by atoms with Gasteiger partial charge < -0.3 is 15.4 Å². The molecule has 0 aliphatic carbocycles. The first-order valence-electron chi connectivity index (χ1n) is 8.60. The molecule has 25 heavy (non-hydrogen) atoms. The Balaban J connectivity index is 1.49. The number of amides is 1. The minimum atomic E-state index is -0.0829. The maximum Gasteiger partial charge on any atom is 0.272 e. The van der Waals surface area contributed by atoms with Gasteiger partial charge in [0.25, 0.3) is 5.91 Å². The molecule has 0 radical (unpaired) electrons. The van der Waals surface area contributed by atoms with Crippen LogP contribution >= 0.6 is 0 Å². The number of ether oxygens (including phenoxy) is 1. The number of hydrogen-bond donors (Lipinski definition) is 1. The lowest BCUT2D eigenvalue weighted by molar-refractivity contribution is -0.0293. The number of nitrogens with zero attached hydrogens (tertiary/aromatic N) is 3. The van der Waals surface area contributed by atoms with Crippen LogP contribution in [-0.4, -0.2) is 40.5 Å². The van der Waals surface area contributed by atoms with Crippen molar-refractivity contribution < 1.29 is 9.53 Å². The Kier molecular flexibility index (Phi) is 3.63. The number of anilines is 1. The van der Waals surface area contributed by atoms with Gasteiger partial charge in [-0.1, -0.05) is 32.0 Å². The van der Waals surface area contributed by atoms with Crippen molar-refractivity contribution in [3.05, 3.63) is 47.3 Å². The van der Waals surface area contributed by atoms with E-state index in [0.717, 1.165) is 17.9 Å². The SMILES string of the molecule is CC(C)c1cc(C(=O)N2CC3(COc4ccccc4C3)C2)nc(N)n1. The molecule has 1 amide bonds. The quantitative estimate of drug-likeness (QED) is 0.908. The second-order valence-electron chi connectivity index (χ2n) is 7.43. The van der Waals surface area contributed by atoms with Crippen molar-refractivity contribution in [2.45, 2.75) is 26.2 Å². The number of carbonyl (C=O) groups excluding carboxylic acids is 1. The smallest absolute Gasteiger partial charge is 0.272 e. The van der Waals surface area contributed by atoms with Crippen molar-refractivity contribution in [1.29, 1.82) is 0 Å². The third kappa shape index (κ3) is 2.81. The summed E-state index contributed by atoms with van der Waals surface area (Å²) in [5.41, 5.74) is 8.18. The molecule has 1 aromatic carbocycles. The van der Waals surface area contributed by atoms with Crippen LogP contribution in [0.3, 0.4) is 0 Å². The van der Waals surface area contributed by atoms with E-state index in [-0.39, 0.29) is 23.2 Å². The van der Waals surface area contributed by atoms with Crippen LogP contribution < -0.4 is 10.5 Å². The normalized spacial score (nSPS) is 17.8. The number of nitrogen functional groups attached to an aromatic ring is 1. The number of rotatable bonds is 2. The van der Waals surface area contributed by atoms with Gasteiger partial charge in [-0.05, 0) is 30.0 Å². The van der Waals surface area contributed by atoms with Gasteiger partial charge in [-0.15, -0.1) is 0 Å². The molecule has 0 bridgehead atoms. The van der Waals surface area contributed by atoms with Crippen molar-refractivity contribution in [2.75, 3.05) is 25.4 Å². The number of fused-ring (bicyclic) bond motifs is 1. The van der Waals surface area contributed by atoms with E-state index in [1.54, 1.807) is 6.07 Å². The molecule has 130 valence electrons. The summed E-state index contributed by atoms with van der Waals surface area (Å²) >= 11 is 0. The highest BCUT2D eigenvalue weighted by molar-refractivity contribution is 5.93. The number of benzene rings is 1. The third-order valence-corrected chi connectivity index (χ3v) is 4.99. The van der Waals surface area contributed by atoms with Crippen LogP contribution in [-0.2, 0) is 6.42 Å². The summed E-state index contributed by atoms with van der Waals surface area (Å²) < 4.78 is 5.90. The van der Waals surface area contributed by atoms with Gasteiger partial charge in [-0.3, -0.25) is 4.79 Å². The number of carbonyl (C=O) groups is 1. The van der Waals surface area contributed by atoms with Gasteiger partial charge in [0.15, 0.2) is 0 Å². The Hall–Kier alpha value is -2.63. The lowest BCUT2D eigenvalue weighted by Gasteiger charge is -2.51. The van der Waals surface area contributed by atoms with E-state index in [1.165, 1.54) is 5.56 Å². The lowest BCUT2D eigenvalue weighted by Crippen LogP contribution is -2.63. The second-order valence-corrected chi connectivity index (χ2v) is 7.43. The molecule has 6 heteroatoms. The topological polar surface area (TPSA) is 81.3 Å². The summed E-state index contributed by atoms with van der Waals surface area (Å²) in [5.74, 6) is 1.23. The number of nitrogens with two attached hydrogens (primary N) is 1. The van der Waals surface area contributed by atoms with Crippen molar-refractivity contribution in [3.63, 3.8) is 0 Å². The summed E-state index contributed by atoms with van der Waals surface area (Å²) in [5, 5.41) is 0. The molecule has 1 aromatic heterocycles. The molecule has 1 saturated heterocycles. The van der Waals surface area contributed by atoms with Crippen molar-refractivity contribution in [3.8, 4) is 5.75 Å². The fourth-order valence-corrected chi connectivity index (χ4v) is 3.64. The molecule has 0 unspecified atom stereocenters. The molecule has 1 fully saturated rings. The molecule has 0 saturated carbocycles. The Morgan fingerprint density at radius 1 is 1.28 bits per heavy atom. The molecule has 2 aliphatic rings. The molecule has 1 spiro atoms. The predicted octanol–water partition coefficient (Wildman–Crippen LogP) is 2.26. The average Bonchev–Trinajstić information content (AvgIpc) is 2.58. The molecule has 6 nitrogen and oxygen atoms in total. The molecular weight excluding hydrogens is 316 g/mol. The fourth-order valence-electron chi connectivity index (χ4n) is 3.64. The molecule has 3 heterocycles. The minimum Gasteiger partial charge on any atom is -0.493 e. The van der Waals surface area contributed by atoms with Gasteiger partial charge >= 0.3 is 0 Å². The van der Waals surface area contributed by atoms with E-state index < -0.39 is 0 Å². The van der Waals surface area contributed by atoms with Crippen LogP contribution in [0.25, 0.3) is 0 Å².